The summed E-state index contributed by atoms with van der Waals surface area (Å²) in [4.78, 5) is 13.8. The Labute approximate surface area is 96.2 Å². The molecule has 1 aromatic heterocycles. The monoisotopic (exact) mass is 224 g/mol. The van der Waals surface area contributed by atoms with Gasteiger partial charge in [0.1, 0.15) is 11.4 Å². The van der Waals surface area contributed by atoms with Gasteiger partial charge in [-0.1, -0.05) is 13.3 Å². The number of hydrogen-bond acceptors (Lipinski definition) is 3. The highest BCUT2D eigenvalue weighted by Gasteiger charge is 2.20. The van der Waals surface area contributed by atoms with E-state index in [0.717, 1.165) is 12.8 Å². The Morgan fingerprint density at radius 1 is 1.69 bits per heavy atom. The topological polar surface area (TPSA) is 64.2 Å². The number of nitrogens with two attached hydrogens (primary N) is 1. The van der Waals surface area contributed by atoms with Crippen LogP contribution in [0, 0.1) is 0 Å². The van der Waals surface area contributed by atoms with Crippen molar-refractivity contribution in [3.63, 3.8) is 0 Å². The minimum atomic E-state index is -0.0634. The van der Waals surface area contributed by atoms with Crippen LogP contribution in [-0.4, -0.2) is 33.7 Å². The number of hydrogen-bond donors (Lipinski definition) is 1. The number of carbonyl (C=O) groups is 1. The van der Waals surface area contributed by atoms with Crippen molar-refractivity contribution in [1.82, 2.24) is 14.7 Å². The second-order valence-electron chi connectivity index (χ2n) is 4.12. The number of aryl methyl sites for hydroxylation is 1. The summed E-state index contributed by atoms with van der Waals surface area (Å²) in [6.07, 6.45) is 3.57. The lowest BCUT2D eigenvalue weighted by molar-refractivity contribution is 0.0738. The van der Waals surface area contributed by atoms with Crippen LogP contribution in [-0.2, 0) is 7.05 Å². The van der Waals surface area contributed by atoms with Gasteiger partial charge in [0.15, 0.2) is 0 Å². The fraction of sp³-hybridized carbons (Fsp3) is 0.636. The van der Waals surface area contributed by atoms with Gasteiger partial charge in [0.25, 0.3) is 5.91 Å². The second-order valence-corrected chi connectivity index (χ2v) is 4.12. The van der Waals surface area contributed by atoms with Crippen molar-refractivity contribution in [2.75, 3.05) is 12.8 Å². The summed E-state index contributed by atoms with van der Waals surface area (Å²) >= 11 is 0. The second kappa shape index (κ2) is 5.01. The molecule has 0 radical (unpaired) electrons. The molecule has 1 heterocycles. The predicted octanol–water partition coefficient (Wildman–Crippen LogP) is 1.26. The van der Waals surface area contributed by atoms with E-state index in [1.165, 1.54) is 10.9 Å². The van der Waals surface area contributed by atoms with Crippen molar-refractivity contribution in [3.05, 3.63) is 11.8 Å². The van der Waals surface area contributed by atoms with Crippen molar-refractivity contribution in [3.8, 4) is 0 Å². The summed E-state index contributed by atoms with van der Waals surface area (Å²) < 4.78 is 1.51. The van der Waals surface area contributed by atoms with Crippen LogP contribution >= 0.6 is 0 Å². The summed E-state index contributed by atoms with van der Waals surface area (Å²) in [5.41, 5.74) is 6.25. The Balaban J connectivity index is 2.82. The molecule has 0 aliphatic rings. The molecular formula is C11H20N4O. The van der Waals surface area contributed by atoms with Crippen LogP contribution in [0.2, 0.25) is 0 Å². The molecule has 1 atom stereocenters. The first kappa shape index (κ1) is 12.5. The van der Waals surface area contributed by atoms with Crippen LogP contribution in [0.5, 0.6) is 0 Å². The molecule has 90 valence electrons. The minimum Gasteiger partial charge on any atom is -0.383 e. The van der Waals surface area contributed by atoms with Crippen molar-refractivity contribution in [1.29, 1.82) is 0 Å². The zero-order valence-corrected chi connectivity index (χ0v) is 10.4. The van der Waals surface area contributed by atoms with E-state index in [4.69, 9.17) is 5.73 Å². The molecule has 1 amide bonds. The van der Waals surface area contributed by atoms with E-state index < -0.39 is 0 Å². The number of rotatable bonds is 4. The molecule has 0 bridgehead atoms. The summed E-state index contributed by atoms with van der Waals surface area (Å²) in [6, 6.07) is 0.220. The average molecular weight is 224 g/mol. The summed E-state index contributed by atoms with van der Waals surface area (Å²) in [7, 11) is 3.52. The maximum Gasteiger partial charge on any atom is 0.259 e. The van der Waals surface area contributed by atoms with Crippen molar-refractivity contribution >= 4 is 11.7 Å². The molecule has 2 N–H and O–H groups in total. The smallest absolute Gasteiger partial charge is 0.259 e. The molecule has 0 saturated carbocycles. The van der Waals surface area contributed by atoms with Gasteiger partial charge in [-0.05, 0) is 13.3 Å². The van der Waals surface area contributed by atoms with Gasteiger partial charge in [0.05, 0.1) is 6.20 Å². The standard InChI is InChI=1S/C11H20N4O/c1-5-6-8(2)14(3)11(16)9-7-13-15(4)10(9)12/h7-8H,5-6,12H2,1-4H3. The number of nitrogen functional groups attached to an aromatic ring is 1. The fourth-order valence-electron chi connectivity index (χ4n) is 1.61. The first-order valence-corrected chi connectivity index (χ1v) is 5.53. The van der Waals surface area contributed by atoms with Crippen LogP contribution in [0.15, 0.2) is 6.20 Å². The highest BCUT2D eigenvalue weighted by atomic mass is 16.2. The average Bonchev–Trinajstić information content (AvgIpc) is 2.58. The van der Waals surface area contributed by atoms with E-state index in [9.17, 15) is 4.79 Å². The minimum absolute atomic E-state index is 0.0634. The van der Waals surface area contributed by atoms with Gasteiger partial charge in [-0.25, -0.2) is 0 Å². The number of nitrogens with zero attached hydrogens (tertiary/aromatic N) is 3. The third-order valence-corrected chi connectivity index (χ3v) is 2.90. The highest BCUT2D eigenvalue weighted by molar-refractivity contribution is 5.98. The lowest BCUT2D eigenvalue weighted by Gasteiger charge is -2.24. The van der Waals surface area contributed by atoms with E-state index in [2.05, 4.69) is 12.0 Å². The molecule has 5 nitrogen and oxygen atoms in total. The van der Waals surface area contributed by atoms with Crippen LogP contribution in [0.1, 0.15) is 37.0 Å². The Morgan fingerprint density at radius 3 is 2.75 bits per heavy atom. The summed E-state index contributed by atoms with van der Waals surface area (Å²) in [5, 5.41) is 3.97. The SMILES string of the molecule is CCCC(C)N(C)C(=O)c1cnn(C)c1N. The molecule has 0 saturated heterocycles. The molecular weight excluding hydrogens is 204 g/mol. The van der Waals surface area contributed by atoms with E-state index in [-0.39, 0.29) is 11.9 Å². The molecule has 0 aromatic carbocycles. The Bertz CT molecular complexity index is 372. The van der Waals surface area contributed by atoms with E-state index in [0.29, 0.717) is 11.4 Å². The normalized spacial score (nSPS) is 12.5. The number of anilines is 1. The van der Waals surface area contributed by atoms with E-state index in [1.54, 1.807) is 19.0 Å². The third-order valence-electron chi connectivity index (χ3n) is 2.90. The van der Waals surface area contributed by atoms with E-state index >= 15 is 0 Å². The molecule has 0 fully saturated rings. The highest BCUT2D eigenvalue weighted by Crippen LogP contribution is 2.14. The van der Waals surface area contributed by atoms with Gasteiger partial charge < -0.3 is 10.6 Å². The molecule has 0 spiro atoms. The first-order valence-electron chi connectivity index (χ1n) is 5.53. The molecule has 1 rings (SSSR count). The Morgan fingerprint density at radius 2 is 2.31 bits per heavy atom. The zero-order chi connectivity index (χ0) is 12.3. The molecule has 1 aromatic rings. The molecule has 0 aliphatic heterocycles. The molecule has 16 heavy (non-hydrogen) atoms. The van der Waals surface area contributed by atoms with Gasteiger partial charge in [0, 0.05) is 20.1 Å². The van der Waals surface area contributed by atoms with Crippen LogP contribution in [0.4, 0.5) is 5.82 Å². The maximum atomic E-state index is 12.1. The first-order chi connectivity index (χ1) is 7.49. The van der Waals surface area contributed by atoms with Gasteiger partial charge in [-0.3, -0.25) is 9.48 Å². The van der Waals surface area contributed by atoms with Gasteiger partial charge in [-0.2, -0.15) is 5.10 Å². The Hall–Kier alpha value is -1.52. The predicted molar refractivity (Wildman–Crippen MR) is 64.1 cm³/mol. The van der Waals surface area contributed by atoms with Gasteiger partial charge >= 0.3 is 0 Å². The molecule has 0 aliphatic carbocycles. The van der Waals surface area contributed by atoms with E-state index in [1.807, 2.05) is 6.92 Å². The van der Waals surface area contributed by atoms with Gasteiger partial charge in [-0.15, -0.1) is 0 Å². The van der Waals surface area contributed by atoms with Crippen molar-refractivity contribution < 1.29 is 4.79 Å². The lowest BCUT2D eigenvalue weighted by Crippen LogP contribution is -2.35. The van der Waals surface area contributed by atoms with Crippen molar-refractivity contribution in [2.24, 2.45) is 7.05 Å². The lowest BCUT2D eigenvalue weighted by atomic mass is 10.1. The van der Waals surface area contributed by atoms with Crippen LogP contribution in [0.3, 0.4) is 0 Å². The number of amides is 1. The molecule has 1 unspecified atom stereocenters. The zero-order valence-electron chi connectivity index (χ0n) is 10.4. The van der Waals surface area contributed by atoms with Crippen LogP contribution in [0.25, 0.3) is 0 Å². The molecule has 5 heteroatoms. The summed E-state index contributed by atoms with van der Waals surface area (Å²) in [5.74, 6) is 0.354. The number of aromatic nitrogens is 2. The van der Waals surface area contributed by atoms with Gasteiger partial charge in [0.2, 0.25) is 0 Å². The summed E-state index contributed by atoms with van der Waals surface area (Å²) in [6.45, 7) is 4.14. The largest absolute Gasteiger partial charge is 0.383 e. The number of carbonyl (C=O) groups excluding carboxylic acids is 1. The van der Waals surface area contributed by atoms with Crippen molar-refractivity contribution in [2.45, 2.75) is 32.7 Å². The quantitative estimate of drug-likeness (QED) is 0.837. The third kappa shape index (κ3) is 2.35. The maximum absolute atomic E-state index is 12.1. The Kier molecular flexibility index (Phi) is 3.93. The van der Waals surface area contributed by atoms with Crippen LogP contribution < -0.4 is 5.73 Å². The fourth-order valence-corrected chi connectivity index (χ4v) is 1.61.